The van der Waals surface area contributed by atoms with Crippen molar-refractivity contribution in [2.75, 3.05) is 30.0 Å². The molecule has 8 heteroatoms. The minimum absolute atomic E-state index is 0.0473. The average Bonchev–Trinajstić information content (AvgIpc) is 3.14. The molecule has 0 saturated carbocycles. The van der Waals surface area contributed by atoms with Gasteiger partial charge in [0.15, 0.2) is 6.61 Å². The van der Waals surface area contributed by atoms with Gasteiger partial charge in [-0.15, -0.1) is 0 Å². The van der Waals surface area contributed by atoms with Gasteiger partial charge < -0.3 is 19.7 Å². The topological polar surface area (TPSA) is 84.9 Å². The van der Waals surface area contributed by atoms with Crippen molar-refractivity contribution >= 4 is 40.8 Å². The second kappa shape index (κ2) is 10.1. The molecule has 1 N–H and O–H groups in total. The molecular formula is C22H23ClN2O5. The second-order valence-corrected chi connectivity index (χ2v) is 7.35. The number of ether oxygens (including phenoxy) is 2. The molecule has 7 nitrogen and oxygen atoms in total. The summed E-state index contributed by atoms with van der Waals surface area (Å²) in [5.74, 6) is -1.08. The van der Waals surface area contributed by atoms with Crippen LogP contribution in [0.25, 0.3) is 0 Å². The summed E-state index contributed by atoms with van der Waals surface area (Å²) >= 11 is 5.80. The van der Waals surface area contributed by atoms with E-state index < -0.39 is 24.4 Å². The first-order valence-corrected chi connectivity index (χ1v) is 10.1. The number of halogens is 1. The smallest absolute Gasteiger partial charge is 0.311 e. The maximum Gasteiger partial charge on any atom is 0.311 e. The number of anilines is 2. The molecule has 1 aliphatic heterocycles. The Morgan fingerprint density at radius 2 is 1.83 bits per heavy atom. The molecule has 0 radical (unpaired) electrons. The summed E-state index contributed by atoms with van der Waals surface area (Å²) in [5.41, 5.74) is 1.24. The quantitative estimate of drug-likeness (QED) is 0.646. The Morgan fingerprint density at radius 3 is 2.50 bits per heavy atom. The highest BCUT2D eigenvalue weighted by Gasteiger charge is 2.36. The van der Waals surface area contributed by atoms with Crippen LogP contribution in [0.3, 0.4) is 0 Å². The molecule has 3 rings (SSSR count). The molecule has 0 unspecified atom stereocenters. The van der Waals surface area contributed by atoms with Crippen molar-refractivity contribution in [2.45, 2.75) is 19.8 Å². The third-order valence-corrected chi connectivity index (χ3v) is 4.81. The molecule has 0 aromatic heterocycles. The van der Waals surface area contributed by atoms with Crippen LogP contribution in [0.4, 0.5) is 11.4 Å². The van der Waals surface area contributed by atoms with Gasteiger partial charge in [-0.3, -0.25) is 14.4 Å². The Balaban J connectivity index is 1.49. The van der Waals surface area contributed by atoms with Crippen LogP contribution >= 0.6 is 11.6 Å². The van der Waals surface area contributed by atoms with Crippen LogP contribution in [0, 0.1) is 5.92 Å². The van der Waals surface area contributed by atoms with E-state index in [4.69, 9.17) is 21.1 Å². The van der Waals surface area contributed by atoms with Crippen molar-refractivity contribution in [3.63, 3.8) is 0 Å². The summed E-state index contributed by atoms with van der Waals surface area (Å²) < 4.78 is 10.6. The third-order valence-electron chi connectivity index (χ3n) is 4.55. The SMILES string of the molecule is CCCOc1ccc(N2C[C@H](C(=O)OCC(=O)Nc3ccc(Cl)cc3)CC2=O)cc1. The van der Waals surface area contributed by atoms with Crippen LogP contribution in [0.15, 0.2) is 48.5 Å². The summed E-state index contributed by atoms with van der Waals surface area (Å²) in [6.45, 7) is 2.44. The van der Waals surface area contributed by atoms with Crippen molar-refractivity contribution in [1.82, 2.24) is 0 Å². The monoisotopic (exact) mass is 430 g/mol. The van der Waals surface area contributed by atoms with Crippen LogP contribution in [-0.4, -0.2) is 37.5 Å². The van der Waals surface area contributed by atoms with E-state index in [0.29, 0.717) is 23.0 Å². The Labute approximate surface area is 179 Å². The van der Waals surface area contributed by atoms with E-state index in [0.717, 1.165) is 12.2 Å². The Hall–Kier alpha value is -3.06. The molecule has 2 aromatic carbocycles. The normalized spacial score (nSPS) is 15.7. The zero-order valence-corrected chi connectivity index (χ0v) is 17.4. The summed E-state index contributed by atoms with van der Waals surface area (Å²) in [5, 5.41) is 3.17. The lowest BCUT2D eigenvalue weighted by Crippen LogP contribution is -2.28. The Morgan fingerprint density at radius 1 is 1.13 bits per heavy atom. The van der Waals surface area contributed by atoms with E-state index in [9.17, 15) is 14.4 Å². The van der Waals surface area contributed by atoms with Crippen molar-refractivity contribution in [1.29, 1.82) is 0 Å². The van der Waals surface area contributed by atoms with E-state index in [1.807, 2.05) is 6.92 Å². The van der Waals surface area contributed by atoms with Crippen LogP contribution in [0.2, 0.25) is 5.02 Å². The highest BCUT2D eigenvalue weighted by atomic mass is 35.5. The molecule has 1 aliphatic rings. The van der Waals surface area contributed by atoms with Gasteiger partial charge >= 0.3 is 5.97 Å². The molecule has 1 saturated heterocycles. The zero-order valence-electron chi connectivity index (χ0n) is 16.6. The van der Waals surface area contributed by atoms with Gasteiger partial charge in [0.2, 0.25) is 5.91 Å². The summed E-state index contributed by atoms with van der Waals surface area (Å²) in [6, 6.07) is 13.7. The van der Waals surface area contributed by atoms with Crippen molar-refractivity contribution in [3.8, 4) is 5.75 Å². The van der Waals surface area contributed by atoms with Crippen LogP contribution < -0.4 is 15.0 Å². The number of esters is 1. The van der Waals surface area contributed by atoms with Gasteiger partial charge in [0.05, 0.1) is 12.5 Å². The number of hydrogen-bond acceptors (Lipinski definition) is 5. The van der Waals surface area contributed by atoms with Gasteiger partial charge in [-0.1, -0.05) is 18.5 Å². The lowest BCUT2D eigenvalue weighted by molar-refractivity contribution is -0.151. The number of carbonyl (C=O) groups excluding carboxylic acids is 3. The molecule has 30 heavy (non-hydrogen) atoms. The molecular weight excluding hydrogens is 408 g/mol. The van der Waals surface area contributed by atoms with E-state index >= 15 is 0 Å². The number of benzene rings is 2. The fourth-order valence-electron chi connectivity index (χ4n) is 3.04. The summed E-state index contributed by atoms with van der Waals surface area (Å²) in [4.78, 5) is 38.2. The fourth-order valence-corrected chi connectivity index (χ4v) is 3.17. The average molecular weight is 431 g/mol. The summed E-state index contributed by atoms with van der Waals surface area (Å²) in [7, 11) is 0. The van der Waals surface area contributed by atoms with E-state index in [-0.39, 0.29) is 18.9 Å². The third kappa shape index (κ3) is 5.73. The molecule has 2 aromatic rings. The van der Waals surface area contributed by atoms with Crippen LogP contribution in [0.5, 0.6) is 5.75 Å². The van der Waals surface area contributed by atoms with Gasteiger partial charge in [0.1, 0.15) is 5.75 Å². The lowest BCUT2D eigenvalue weighted by Gasteiger charge is -2.17. The van der Waals surface area contributed by atoms with Gasteiger partial charge in [0, 0.05) is 29.4 Å². The van der Waals surface area contributed by atoms with Gasteiger partial charge in [-0.05, 0) is 55.0 Å². The van der Waals surface area contributed by atoms with Gasteiger partial charge in [-0.2, -0.15) is 0 Å². The van der Waals surface area contributed by atoms with Crippen LogP contribution in [0.1, 0.15) is 19.8 Å². The molecule has 1 fully saturated rings. The molecule has 0 bridgehead atoms. The number of carbonyl (C=O) groups is 3. The van der Waals surface area contributed by atoms with Crippen molar-refractivity contribution < 1.29 is 23.9 Å². The first kappa shape index (κ1) is 21.6. The number of hydrogen-bond donors (Lipinski definition) is 1. The second-order valence-electron chi connectivity index (χ2n) is 6.91. The number of rotatable bonds is 8. The first-order valence-electron chi connectivity index (χ1n) is 9.71. The Kier molecular flexibility index (Phi) is 7.30. The zero-order chi connectivity index (χ0) is 21.5. The van der Waals surface area contributed by atoms with Crippen molar-refractivity contribution in [2.24, 2.45) is 5.92 Å². The molecule has 1 heterocycles. The van der Waals surface area contributed by atoms with Crippen molar-refractivity contribution in [3.05, 3.63) is 53.6 Å². The predicted octanol–water partition coefficient (Wildman–Crippen LogP) is 3.66. The predicted molar refractivity (Wildman–Crippen MR) is 114 cm³/mol. The maximum absolute atomic E-state index is 12.4. The molecule has 2 amide bonds. The van der Waals surface area contributed by atoms with E-state index in [2.05, 4.69) is 5.32 Å². The number of nitrogens with zero attached hydrogens (tertiary/aromatic N) is 1. The lowest BCUT2D eigenvalue weighted by atomic mass is 10.1. The molecule has 0 aliphatic carbocycles. The minimum atomic E-state index is -0.614. The van der Waals surface area contributed by atoms with Gasteiger partial charge in [0.25, 0.3) is 5.91 Å². The first-order chi connectivity index (χ1) is 14.5. The van der Waals surface area contributed by atoms with E-state index in [1.165, 1.54) is 0 Å². The Bertz CT molecular complexity index is 899. The minimum Gasteiger partial charge on any atom is -0.494 e. The highest BCUT2D eigenvalue weighted by molar-refractivity contribution is 6.30. The number of amides is 2. The number of nitrogens with one attached hydrogen (secondary N) is 1. The molecule has 0 spiro atoms. The summed E-state index contributed by atoms with van der Waals surface area (Å²) in [6.07, 6.45) is 0.958. The van der Waals surface area contributed by atoms with Crippen LogP contribution in [-0.2, 0) is 19.1 Å². The largest absolute Gasteiger partial charge is 0.494 e. The standard InChI is InChI=1S/C22H23ClN2O5/c1-2-11-29-19-9-7-18(8-10-19)25-13-15(12-21(25)27)22(28)30-14-20(26)24-17-5-3-16(23)4-6-17/h3-10,15H,2,11-14H2,1H3,(H,24,26)/t15-/m1/s1. The fraction of sp³-hybridized carbons (Fsp3) is 0.318. The van der Waals surface area contributed by atoms with Gasteiger partial charge in [-0.25, -0.2) is 0 Å². The maximum atomic E-state index is 12.4. The molecule has 158 valence electrons. The molecule has 1 atom stereocenters. The van der Waals surface area contributed by atoms with E-state index in [1.54, 1.807) is 53.4 Å². The highest BCUT2D eigenvalue weighted by Crippen LogP contribution is 2.27.